The SMILES string of the molecule is CC1(NC2CCS(=O)(=O)CC2)CCCOC1. The van der Waals surface area contributed by atoms with E-state index in [0.29, 0.717) is 17.5 Å². The number of hydrogen-bond acceptors (Lipinski definition) is 4. The molecule has 2 saturated heterocycles. The summed E-state index contributed by atoms with van der Waals surface area (Å²) in [6.45, 7) is 3.78. The third-order valence-corrected chi connectivity index (χ3v) is 5.26. The molecule has 0 radical (unpaired) electrons. The maximum atomic E-state index is 11.3. The zero-order valence-electron chi connectivity index (χ0n) is 9.87. The fourth-order valence-electron chi connectivity index (χ4n) is 2.58. The van der Waals surface area contributed by atoms with Crippen LogP contribution in [0.4, 0.5) is 0 Å². The van der Waals surface area contributed by atoms with Gasteiger partial charge in [-0.1, -0.05) is 0 Å². The van der Waals surface area contributed by atoms with Crippen molar-refractivity contribution in [3.05, 3.63) is 0 Å². The molecule has 4 nitrogen and oxygen atoms in total. The van der Waals surface area contributed by atoms with Crippen molar-refractivity contribution < 1.29 is 13.2 Å². The topological polar surface area (TPSA) is 55.4 Å². The van der Waals surface area contributed by atoms with E-state index in [1.54, 1.807) is 0 Å². The molecule has 0 aromatic heterocycles. The van der Waals surface area contributed by atoms with Crippen LogP contribution in [-0.4, -0.2) is 44.7 Å². The molecule has 2 aliphatic heterocycles. The predicted molar refractivity (Wildman–Crippen MR) is 63.3 cm³/mol. The molecule has 1 atom stereocenters. The summed E-state index contributed by atoms with van der Waals surface area (Å²) >= 11 is 0. The Bertz CT molecular complexity index is 319. The van der Waals surface area contributed by atoms with E-state index >= 15 is 0 Å². The summed E-state index contributed by atoms with van der Waals surface area (Å²) in [6, 6.07) is 0.343. The van der Waals surface area contributed by atoms with Gasteiger partial charge in [-0.2, -0.15) is 0 Å². The Balaban J connectivity index is 1.86. The summed E-state index contributed by atoms with van der Waals surface area (Å²) < 4.78 is 28.1. The lowest BCUT2D eigenvalue weighted by Gasteiger charge is -2.39. The predicted octanol–water partition coefficient (Wildman–Crippen LogP) is 0.722. The van der Waals surface area contributed by atoms with Gasteiger partial charge in [0.05, 0.1) is 18.1 Å². The second-order valence-corrected chi connectivity index (χ2v) is 7.59. The van der Waals surface area contributed by atoms with Crippen LogP contribution < -0.4 is 5.32 Å². The third kappa shape index (κ3) is 3.18. The molecule has 5 heteroatoms. The summed E-state index contributed by atoms with van der Waals surface area (Å²) in [5, 5.41) is 3.58. The third-order valence-electron chi connectivity index (χ3n) is 3.55. The molecule has 0 spiro atoms. The van der Waals surface area contributed by atoms with Gasteiger partial charge < -0.3 is 10.1 Å². The largest absolute Gasteiger partial charge is 0.380 e. The normalized spacial score (nSPS) is 36.1. The number of rotatable bonds is 2. The average Bonchev–Trinajstić information content (AvgIpc) is 2.22. The highest BCUT2D eigenvalue weighted by Gasteiger charge is 2.32. The first kappa shape index (κ1) is 12.3. The first-order chi connectivity index (χ1) is 7.49. The molecule has 0 aliphatic carbocycles. The molecule has 2 aliphatic rings. The van der Waals surface area contributed by atoms with Gasteiger partial charge in [-0.15, -0.1) is 0 Å². The molecule has 2 fully saturated rings. The highest BCUT2D eigenvalue weighted by Crippen LogP contribution is 2.22. The Morgan fingerprint density at radius 2 is 2.00 bits per heavy atom. The van der Waals surface area contributed by atoms with Crippen molar-refractivity contribution >= 4 is 9.84 Å². The number of sulfone groups is 1. The number of nitrogens with one attached hydrogen (secondary N) is 1. The minimum Gasteiger partial charge on any atom is -0.380 e. The fraction of sp³-hybridized carbons (Fsp3) is 1.00. The Morgan fingerprint density at radius 3 is 2.56 bits per heavy atom. The molecule has 0 saturated carbocycles. The second-order valence-electron chi connectivity index (χ2n) is 5.29. The van der Waals surface area contributed by atoms with E-state index in [1.165, 1.54) is 0 Å². The van der Waals surface area contributed by atoms with Crippen LogP contribution in [-0.2, 0) is 14.6 Å². The van der Waals surface area contributed by atoms with Crippen LogP contribution in [0, 0.1) is 0 Å². The Hall–Kier alpha value is -0.130. The van der Waals surface area contributed by atoms with Crippen molar-refractivity contribution in [2.24, 2.45) is 0 Å². The maximum absolute atomic E-state index is 11.3. The molecule has 94 valence electrons. The molecule has 0 amide bonds. The smallest absolute Gasteiger partial charge is 0.150 e. The maximum Gasteiger partial charge on any atom is 0.150 e. The van der Waals surface area contributed by atoms with Gasteiger partial charge >= 0.3 is 0 Å². The fourth-order valence-corrected chi connectivity index (χ4v) is 4.07. The molecule has 2 heterocycles. The van der Waals surface area contributed by atoms with Crippen LogP contribution in [0.1, 0.15) is 32.6 Å². The average molecular weight is 247 g/mol. The minimum absolute atomic E-state index is 0.0457. The molecular formula is C11H21NO3S. The van der Waals surface area contributed by atoms with Crippen molar-refractivity contribution in [2.45, 2.75) is 44.2 Å². The molecule has 2 rings (SSSR count). The number of ether oxygens (including phenoxy) is 1. The van der Waals surface area contributed by atoms with Crippen molar-refractivity contribution in [2.75, 3.05) is 24.7 Å². The monoisotopic (exact) mass is 247 g/mol. The van der Waals surface area contributed by atoms with Crippen molar-refractivity contribution in [3.63, 3.8) is 0 Å². The highest BCUT2D eigenvalue weighted by atomic mass is 32.2. The van der Waals surface area contributed by atoms with Crippen molar-refractivity contribution in [1.82, 2.24) is 5.32 Å². The van der Waals surface area contributed by atoms with Gasteiger partial charge in [0.25, 0.3) is 0 Å². The Kier molecular flexibility index (Phi) is 3.56. The van der Waals surface area contributed by atoms with E-state index in [2.05, 4.69) is 12.2 Å². The van der Waals surface area contributed by atoms with Crippen LogP contribution in [0.2, 0.25) is 0 Å². The van der Waals surface area contributed by atoms with Gasteiger partial charge in [0.15, 0.2) is 0 Å². The van der Waals surface area contributed by atoms with Crippen LogP contribution in [0.15, 0.2) is 0 Å². The van der Waals surface area contributed by atoms with E-state index in [0.717, 1.165) is 38.9 Å². The number of hydrogen-bond donors (Lipinski definition) is 1. The van der Waals surface area contributed by atoms with Crippen LogP contribution in [0.3, 0.4) is 0 Å². The zero-order chi connectivity index (χ0) is 11.6. The molecule has 0 bridgehead atoms. The van der Waals surface area contributed by atoms with Gasteiger partial charge in [0.2, 0.25) is 0 Å². The van der Waals surface area contributed by atoms with Crippen LogP contribution >= 0.6 is 0 Å². The first-order valence-corrected chi connectivity index (χ1v) is 7.87. The standard InChI is InChI=1S/C11H21NO3S/c1-11(5-2-6-15-9-11)12-10-3-7-16(13,14)8-4-10/h10,12H,2-9H2,1H3. The molecule has 1 unspecified atom stereocenters. The summed E-state index contributed by atoms with van der Waals surface area (Å²) in [5.41, 5.74) is 0.0457. The van der Waals surface area contributed by atoms with Crippen molar-refractivity contribution in [3.8, 4) is 0 Å². The van der Waals surface area contributed by atoms with Gasteiger partial charge in [-0.3, -0.25) is 0 Å². The molecule has 1 N–H and O–H groups in total. The van der Waals surface area contributed by atoms with Gasteiger partial charge in [-0.05, 0) is 32.6 Å². The highest BCUT2D eigenvalue weighted by molar-refractivity contribution is 7.91. The molecule has 16 heavy (non-hydrogen) atoms. The lowest BCUT2D eigenvalue weighted by atomic mass is 9.93. The summed E-state index contributed by atoms with van der Waals surface area (Å²) in [7, 11) is -2.75. The van der Waals surface area contributed by atoms with Gasteiger partial charge in [-0.25, -0.2) is 8.42 Å². The van der Waals surface area contributed by atoms with E-state index < -0.39 is 9.84 Å². The quantitative estimate of drug-likeness (QED) is 0.781. The second kappa shape index (κ2) is 4.63. The molecule has 0 aromatic carbocycles. The van der Waals surface area contributed by atoms with Crippen LogP contribution in [0.25, 0.3) is 0 Å². The van der Waals surface area contributed by atoms with E-state index in [1.807, 2.05) is 0 Å². The Labute approximate surface area is 97.7 Å². The van der Waals surface area contributed by atoms with Gasteiger partial charge in [0.1, 0.15) is 9.84 Å². The summed E-state index contributed by atoms with van der Waals surface area (Å²) in [4.78, 5) is 0. The van der Waals surface area contributed by atoms with E-state index in [-0.39, 0.29) is 5.54 Å². The lowest BCUT2D eigenvalue weighted by Crippen LogP contribution is -2.54. The summed E-state index contributed by atoms with van der Waals surface area (Å²) in [6.07, 6.45) is 3.71. The summed E-state index contributed by atoms with van der Waals surface area (Å²) in [5.74, 6) is 0.670. The minimum atomic E-state index is -2.75. The zero-order valence-corrected chi connectivity index (χ0v) is 10.7. The van der Waals surface area contributed by atoms with E-state index in [9.17, 15) is 8.42 Å². The molecule has 0 aromatic rings. The Morgan fingerprint density at radius 1 is 1.31 bits per heavy atom. The lowest BCUT2D eigenvalue weighted by molar-refractivity contribution is 0.0225. The van der Waals surface area contributed by atoms with Crippen LogP contribution in [0.5, 0.6) is 0 Å². The first-order valence-electron chi connectivity index (χ1n) is 6.05. The van der Waals surface area contributed by atoms with Crippen molar-refractivity contribution in [1.29, 1.82) is 0 Å². The van der Waals surface area contributed by atoms with Gasteiger partial charge in [0, 0.05) is 18.2 Å². The van der Waals surface area contributed by atoms with E-state index in [4.69, 9.17) is 4.74 Å². The molecular weight excluding hydrogens is 226 g/mol.